The van der Waals surface area contributed by atoms with E-state index in [0.29, 0.717) is 12.2 Å². The van der Waals surface area contributed by atoms with Crippen LogP contribution in [0.3, 0.4) is 0 Å². The number of rotatable bonds is 2. The van der Waals surface area contributed by atoms with Gasteiger partial charge in [-0.1, -0.05) is 48.3 Å². The van der Waals surface area contributed by atoms with Gasteiger partial charge in [0.15, 0.2) is 0 Å². The molecule has 2 atom stereocenters. The summed E-state index contributed by atoms with van der Waals surface area (Å²) >= 11 is 0. The molecule has 2 saturated carbocycles. The largest absolute Gasteiger partial charge is 0.366 e. The van der Waals surface area contributed by atoms with Crippen molar-refractivity contribution in [2.45, 2.75) is 102 Å². The summed E-state index contributed by atoms with van der Waals surface area (Å²) in [6, 6.07) is 0. The highest BCUT2D eigenvalue weighted by molar-refractivity contribution is 5.28. The van der Waals surface area contributed by atoms with E-state index in [1.165, 1.54) is 89.9 Å². The molecule has 4 aliphatic rings. The summed E-state index contributed by atoms with van der Waals surface area (Å²) in [5.41, 5.74) is 6.79. The zero-order chi connectivity index (χ0) is 16.9. The normalized spacial score (nSPS) is 36.6. The molecular formula is C24H34O. The number of hydrogen-bond donors (Lipinski definition) is 0. The highest BCUT2D eigenvalue weighted by Crippen LogP contribution is 2.38. The quantitative estimate of drug-likeness (QED) is 0.494. The monoisotopic (exact) mass is 338 g/mol. The lowest BCUT2D eigenvalue weighted by Crippen LogP contribution is -2.31. The molecule has 0 aliphatic heterocycles. The summed E-state index contributed by atoms with van der Waals surface area (Å²) in [5, 5.41) is 0. The Labute approximate surface area is 153 Å². The van der Waals surface area contributed by atoms with E-state index in [0.717, 1.165) is 0 Å². The van der Waals surface area contributed by atoms with E-state index >= 15 is 0 Å². The second-order valence-electron chi connectivity index (χ2n) is 8.29. The molecule has 2 unspecified atom stereocenters. The molecule has 1 nitrogen and oxygen atoms in total. The van der Waals surface area contributed by atoms with E-state index in [9.17, 15) is 0 Å². The third-order valence-corrected chi connectivity index (χ3v) is 6.63. The van der Waals surface area contributed by atoms with Gasteiger partial charge < -0.3 is 4.74 Å². The molecule has 25 heavy (non-hydrogen) atoms. The molecule has 0 amide bonds. The van der Waals surface area contributed by atoms with E-state index in [2.05, 4.69) is 24.3 Å². The van der Waals surface area contributed by atoms with Crippen LogP contribution in [0.25, 0.3) is 0 Å². The minimum Gasteiger partial charge on any atom is -0.366 e. The first kappa shape index (κ1) is 17.3. The summed E-state index contributed by atoms with van der Waals surface area (Å²) in [6.07, 6.45) is 28.1. The lowest BCUT2D eigenvalue weighted by atomic mass is 9.82. The lowest BCUT2D eigenvalue weighted by Gasteiger charge is -2.36. The Bertz CT molecular complexity index is 537. The van der Waals surface area contributed by atoms with Gasteiger partial charge in [0.2, 0.25) is 0 Å². The molecule has 0 saturated heterocycles. The van der Waals surface area contributed by atoms with Crippen LogP contribution in [-0.4, -0.2) is 12.2 Å². The summed E-state index contributed by atoms with van der Waals surface area (Å²) < 4.78 is 6.90. The van der Waals surface area contributed by atoms with Gasteiger partial charge in [-0.15, -0.1) is 0 Å². The van der Waals surface area contributed by atoms with Gasteiger partial charge in [-0.3, -0.25) is 0 Å². The molecule has 0 spiro atoms. The fourth-order valence-electron chi connectivity index (χ4n) is 5.26. The van der Waals surface area contributed by atoms with Crippen molar-refractivity contribution in [2.75, 3.05) is 0 Å². The van der Waals surface area contributed by atoms with Crippen LogP contribution in [0, 0.1) is 0 Å². The molecule has 0 bridgehead atoms. The predicted molar refractivity (Wildman–Crippen MR) is 106 cm³/mol. The fourth-order valence-corrected chi connectivity index (χ4v) is 5.26. The van der Waals surface area contributed by atoms with Crippen molar-refractivity contribution in [2.24, 2.45) is 0 Å². The molecular weight excluding hydrogens is 304 g/mol. The molecule has 4 aliphatic carbocycles. The molecule has 0 aromatic rings. The van der Waals surface area contributed by atoms with E-state index in [-0.39, 0.29) is 0 Å². The fraction of sp³-hybridized carbons (Fsp3) is 0.667. The molecule has 2 fully saturated rings. The maximum atomic E-state index is 6.90. The van der Waals surface area contributed by atoms with Gasteiger partial charge >= 0.3 is 0 Å². The van der Waals surface area contributed by atoms with Crippen molar-refractivity contribution >= 4 is 0 Å². The Hall–Kier alpha value is -1.08. The van der Waals surface area contributed by atoms with Crippen molar-refractivity contribution in [1.29, 1.82) is 0 Å². The van der Waals surface area contributed by atoms with Crippen LogP contribution in [0.2, 0.25) is 0 Å². The van der Waals surface area contributed by atoms with E-state index in [1.807, 2.05) is 0 Å². The highest BCUT2D eigenvalue weighted by Gasteiger charge is 2.29. The van der Waals surface area contributed by atoms with Crippen LogP contribution < -0.4 is 0 Å². The van der Waals surface area contributed by atoms with E-state index in [4.69, 9.17) is 4.74 Å². The van der Waals surface area contributed by atoms with Crippen LogP contribution in [0.4, 0.5) is 0 Å². The Morgan fingerprint density at radius 1 is 0.600 bits per heavy atom. The van der Waals surface area contributed by atoms with Crippen LogP contribution in [0.15, 0.2) is 46.6 Å². The molecule has 4 rings (SSSR count). The smallest absolute Gasteiger partial charge is 0.0795 e. The minimum absolute atomic E-state index is 0.410. The Morgan fingerprint density at radius 3 is 1.56 bits per heavy atom. The van der Waals surface area contributed by atoms with Gasteiger partial charge in [-0.25, -0.2) is 0 Å². The van der Waals surface area contributed by atoms with Crippen LogP contribution in [-0.2, 0) is 4.74 Å². The molecule has 0 aromatic carbocycles. The summed E-state index contributed by atoms with van der Waals surface area (Å²) in [6.45, 7) is 0. The van der Waals surface area contributed by atoms with Gasteiger partial charge in [-0.2, -0.15) is 0 Å². The van der Waals surface area contributed by atoms with Gasteiger partial charge in [-0.05, 0) is 88.2 Å². The molecule has 0 radical (unpaired) electrons. The number of allylic oxidation sites excluding steroid dienone is 6. The summed E-state index contributed by atoms with van der Waals surface area (Å²) in [4.78, 5) is 0. The standard InChI is InChI=1S/C24H34O/c1-3-11-19(12-4-1)21-15-7-9-17-23(21)25-24-18-10-8-16-22(24)20-13-5-2-6-14-20/h1-3,5,23-24H,4,6-18H2. The van der Waals surface area contributed by atoms with Gasteiger partial charge in [0.25, 0.3) is 0 Å². The topological polar surface area (TPSA) is 9.23 Å². The molecule has 0 aromatic heterocycles. The maximum absolute atomic E-state index is 6.90. The number of ether oxygens (including phenoxy) is 1. The second kappa shape index (κ2) is 8.54. The zero-order valence-corrected chi connectivity index (χ0v) is 15.8. The average molecular weight is 339 g/mol. The molecule has 0 N–H and O–H groups in total. The van der Waals surface area contributed by atoms with E-state index < -0.39 is 0 Å². The van der Waals surface area contributed by atoms with Crippen molar-refractivity contribution in [3.8, 4) is 0 Å². The van der Waals surface area contributed by atoms with Crippen LogP contribution >= 0.6 is 0 Å². The maximum Gasteiger partial charge on any atom is 0.0795 e. The van der Waals surface area contributed by atoms with Crippen molar-refractivity contribution < 1.29 is 4.74 Å². The first-order valence-corrected chi connectivity index (χ1v) is 10.8. The Morgan fingerprint density at radius 2 is 1.12 bits per heavy atom. The highest BCUT2D eigenvalue weighted by atomic mass is 16.5. The van der Waals surface area contributed by atoms with Crippen molar-refractivity contribution in [3.05, 3.63) is 46.6 Å². The first-order valence-electron chi connectivity index (χ1n) is 10.8. The third-order valence-electron chi connectivity index (χ3n) is 6.63. The minimum atomic E-state index is 0.410. The molecule has 0 heterocycles. The van der Waals surface area contributed by atoms with E-state index in [1.54, 1.807) is 22.3 Å². The molecule has 1 heteroatoms. The van der Waals surface area contributed by atoms with Crippen LogP contribution in [0.5, 0.6) is 0 Å². The Kier molecular flexibility index (Phi) is 5.92. The number of hydrogen-bond acceptors (Lipinski definition) is 1. The zero-order valence-electron chi connectivity index (χ0n) is 15.8. The van der Waals surface area contributed by atoms with Crippen LogP contribution in [0.1, 0.15) is 89.9 Å². The Balaban J connectivity index is 1.53. The predicted octanol–water partition coefficient (Wildman–Crippen LogP) is 6.96. The van der Waals surface area contributed by atoms with Gasteiger partial charge in [0, 0.05) is 0 Å². The first-order chi connectivity index (χ1) is 12.4. The van der Waals surface area contributed by atoms with Gasteiger partial charge in [0.1, 0.15) is 0 Å². The lowest BCUT2D eigenvalue weighted by molar-refractivity contribution is 0.00154. The summed E-state index contributed by atoms with van der Waals surface area (Å²) in [7, 11) is 0. The molecule has 136 valence electrons. The summed E-state index contributed by atoms with van der Waals surface area (Å²) in [5.74, 6) is 0. The van der Waals surface area contributed by atoms with Gasteiger partial charge in [0.05, 0.1) is 12.2 Å². The third kappa shape index (κ3) is 4.19. The van der Waals surface area contributed by atoms with Crippen molar-refractivity contribution in [1.82, 2.24) is 0 Å². The van der Waals surface area contributed by atoms with Crippen molar-refractivity contribution in [3.63, 3.8) is 0 Å². The SMILES string of the molecule is C1=CCC(=C2CCCCC2OC2CCCCC2=C2CC=CCC2)CC1. The second-order valence-corrected chi connectivity index (χ2v) is 8.29. The average Bonchev–Trinajstić information content (AvgIpc) is 2.70.